The molecule has 4 atom stereocenters. The van der Waals surface area contributed by atoms with Gasteiger partial charge in [-0.25, -0.2) is 0 Å². The molecular formula is C14H29NO. The van der Waals surface area contributed by atoms with Gasteiger partial charge >= 0.3 is 0 Å². The van der Waals surface area contributed by atoms with Crippen LogP contribution in [-0.4, -0.2) is 25.8 Å². The number of methoxy groups -OCH3 is 1. The molecule has 0 amide bonds. The van der Waals surface area contributed by atoms with Gasteiger partial charge in [-0.1, -0.05) is 39.5 Å². The van der Waals surface area contributed by atoms with E-state index in [9.17, 15) is 0 Å². The highest BCUT2D eigenvalue weighted by molar-refractivity contribution is 4.87. The third-order valence-corrected chi connectivity index (χ3v) is 4.27. The van der Waals surface area contributed by atoms with Crippen molar-refractivity contribution >= 4 is 0 Å². The van der Waals surface area contributed by atoms with Crippen molar-refractivity contribution in [3.63, 3.8) is 0 Å². The molecule has 0 bridgehead atoms. The molecule has 1 fully saturated rings. The normalized spacial score (nSPS) is 30.0. The van der Waals surface area contributed by atoms with Crippen LogP contribution >= 0.6 is 0 Å². The molecule has 0 radical (unpaired) electrons. The minimum Gasteiger partial charge on any atom is -0.380 e. The van der Waals surface area contributed by atoms with Crippen LogP contribution in [0.3, 0.4) is 0 Å². The number of hydrogen-bond donors (Lipinski definition) is 1. The topological polar surface area (TPSA) is 21.3 Å². The molecule has 0 aromatic heterocycles. The summed E-state index contributed by atoms with van der Waals surface area (Å²) in [5.74, 6) is 1.71. The SMILES string of the molecule is CCNC(C(C)OC)C1CCCCC1CC. The standard InChI is InChI=1S/C14H29NO/c1-5-12-9-7-8-10-13(12)14(15-6-2)11(3)16-4/h11-15H,5-10H2,1-4H3. The molecule has 1 N–H and O–H groups in total. The van der Waals surface area contributed by atoms with Crippen molar-refractivity contribution in [2.45, 2.75) is 65.0 Å². The van der Waals surface area contributed by atoms with Crippen LogP contribution in [0.5, 0.6) is 0 Å². The van der Waals surface area contributed by atoms with Gasteiger partial charge in [0.15, 0.2) is 0 Å². The zero-order valence-electron chi connectivity index (χ0n) is 11.5. The second-order valence-corrected chi connectivity index (χ2v) is 5.14. The Bertz CT molecular complexity index is 182. The molecule has 2 nitrogen and oxygen atoms in total. The number of hydrogen-bond acceptors (Lipinski definition) is 2. The van der Waals surface area contributed by atoms with Gasteiger partial charge in [-0.2, -0.15) is 0 Å². The van der Waals surface area contributed by atoms with Crippen LogP contribution in [0.2, 0.25) is 0 Å². The van der Waals surface area contributed by atoms with Crippen LogP contribution < -0.4 is 5.32 Å². The van der Waals surface area contributed by atoms with Crippen LogP contribution in [0.25, 0.3) is 0 Å². The van der Waals surface area contributed by atoms with Gasteiger partial charge in [0.05, 0.1) is 6.10 Å². The van der Waals surface area contributed by atoms with E-state index in [-0.39, 0.29) is 0 Å². The molecule has 4 unspecified atom stereocenters. The maximum Gasteiger partial charge on any atom is 0.0698 e. The van der Waals surface area contributed by atoms with Gasteiger partial charge < -0.3 is 10.1 Å². The second kappa shape index (κ2) is 7.29. The fourth-order valence-corrected chi connectivity index (χ4v) is 3.26. The summed E-state index contributed by atoms with van der Waals surface area (Å²) in [5, 5.41) is 3.64. The van der Waals surface area contributed by atoms with Crippen LogP contribution in [0, 0.1) is 11.8 Å². The summed E-state index contributed by atoms with van der Waals surface area (Å²) in [6, 6.07) is 0.542. The van der Waals surface area contributed by atoms with Crippen molar-refractivity contribution in [1.82, 2.24) is 5.32 Å². The Labute approximate surface area is 101 Å². The summed E-state index contributed by atoms with van der Waals surface area (Å²) in [6.07, 6.45) is 7.28. The van der Waals surface area contributed by atoms with Crippen molar-refractivity contribution in [3.8, 4) is 0 Å². The summed E-state index contributed by atoms with van der Waals surface area (Å²) >= 11 is 0. The average molecular weight is 227 g/mol. The smallest absolute Gasteiger partial charge is 0.0698 e. The Kier molecular flexibility index (Phi) is 6.37. The Hall–Kier alpha value is -0.0800. The molecule has 1 rings (SSSR count). The lowest BCUT2D eigenvalue weighted by Crippen LogP contribution is -2.48. The number of rotatable bonds is 6. The van der Waals surface area contributed by atoms with Gasteiger partial charge in [0.2, 0.25) is 0 Å². The van der Waals surface area contributed by atoms with Gasteiger partial charge in [0.25, 0.3) is 0 Å². The molecule has 1 aliphatic carbocycles. The number of nitrogens with one attached hydrogen (secondary N) is 1. The molecule has 1 saturated carbocycles. The zero-order chi connectivity index (χ0) is 12.0. The maximum atomic E-state index is 5.55. The monoisotopic (exact) mass is 227 g/mol. The largest absolute Gasteiger partial charge is 0.380 e. The van der Waals surface area contributed by atoms with Gasteiger partial charge in [-0.15, -0.1) is 0 Å². The zero-order valence-corrected chi connectivity index (χ0v) is 11.5. The first kappa shape index (κ1) is 14.0. The molecule has 0 aromatic carbocycles. The van der Waals surface area contributed by atoms with Crippen molar-refractivity contribution in [3.05, 3.63) is 0 Å². The molecule has 0 saturated heterocycles. The van der Waals surface area contributed by atoms with Crippen LogP contribution in [-0.2, 0) is 4.74 Å². The van der Waals surface area contributed by atoms with E-state index in [4.69, 9.17) is 4.74 Å². The van der Waals surface area contributed by atoms with E-state index in [1.807, 2.05) is 7.11 Å². The molecular weight excluding hydrogens is 198 g/mol. The molecule has 2 heteroatoms. The van der Waals surface area contributed by atoms with E-state index in [0.29, 0.717) is 12.1 Å². The number of ether oxygens (including phenoxy) is 1. The third kappa shape index (κ3) is 3.46. The van der Waals surface area contributed by atoms with Crippen molar-refractivity contribution < 1.29 is 4.74 Å². The second-order valence-electron chi connectivity index (χ2n) is 5.14. The first-order chi connectivity index (χ1) is 7.74. The highest BCUT2D eigenvalue weighted by Gasteiger charge is 2.33. The lowest BCUT2D eigenvalue weighted by atomic mass is 9.73. The summed E-state index contributed by atoms with van der Waals surface area (Å²) < 4.78 is 5.55. The van der Waals surface area contributed by atoms with E-state index < -0.39 is 0 Å². The fraction of sp³-hybridized carbons (Fsp3) is 1.00. The highest BCUT2D eigenvalue weighted by Crippen LogP contribution is 2.35. The number of likely N-dealkylation sites (N-methyl/N-ethyl adjacent to an activating group) is 1. The Morgan fingerprint density at radius 1 is 1.25 bits per heavy atom. The molecule has 0 aliphatic heterocycles. The van der Waals surface area contributed by atoms with E-state index in [0.717, 1.165) is 18.4 Å². The lowest BCUT2D eigenvalue weighted by Gasteiger charge is -2.39. The van der Waals surface area contributed by atoms with Crippen molar-refractivity contribution in [1.29, 1.82) is 0 Å². The highest BCUT2D eigenvalue weighted by atomic mass is 16.5. The van der Waals surface area contributed by atoms with Gasteiger partial charge in [0, 0.05) is 13.2 Å². The molecule has 96 valence electrons. The Morgan fingerprint density at radius 3 is 2.50 bits per heavy atom. The fourth-order valence-electron chi connectivity index (χ4n) is 3.26. The molecule has 0 spiro atoms. The summed E-state index contributed by atoms with van der Waals surface area (Å²) in [6.45, 7) is 7.78. The van der Waals surface area contributed by atoms with Crippen LogP contribution in [0.1, 0.15) is 52.9 Å². The van der Waals surface area contributed by atoms with E-state index in [2.05, 4.69) is 26.1 Å². The molecule has 1 aliphatic rings. The minimum atomic E-state index is 0.331. The lowest BCUT2D eigenvalue weighted by molar-refractivity contribution is 0.0350. The van der Waals surface area contributed by atoms with Gasteiger partial charge in [0.1, 0.15) is 0 Å². The van der Waals surface area contributed by atoms with Crippen LogP contribution in [0.15, 0.2) is 0 Å². The third-order valence-electron chi connectivity index (χ3n) is 4.27. The van der Waals surface area contributed by atoms with Gasteiger partial charge in [-0.3, -0.25) is 0 Å². The predicted octanol–water partition coefficient (Wildman–Crippen LogP) is 3.22. The summed E-state index contributed by atoms with van der Waals surface area (Å²) in [5.41, 5.74) is 0. The predicted molar refractivity (Wildman–Crippen MR) is 69.7 cm³/mol. The van der Waals surface area contributed by atoms with E-state index in [1.54, 1.807) is 0 Å². The van der Waals surface area contributed by atoms with Gasteiger partial charge in [-0.05, 0) is 31.7 Å². The van der Waals surface area contributed by atoms with Crippen molar-refractivity contribution in [2.24, 2.45) is 11.8 Å². The molecule has 0 aromatic rings. The quantitative estimate of drug-likeness (QED) is 0.752. The Morgan fingerprint density at radius 2 is 1.94 bits per heavy atom. The minimum absolute atomic E-state index is 0.331. The molecule has 16 heavy (non-hydrogen) atoms. The Balaban J connectivity index is 2.65. The first-order valence-electron chi connectivity index (χ1n) is 7.00. The van der Waals surface area contributed by atoms with E-state index in [1.165, 1.54) is 32.1 Å². The maximum absolute atomic E-state index is 5.55. The average Bonchev–Trinajstić information content (AvgIpc) is 2.35. The van der Waals surface area contributed by atoms with Crippen LogP contribution in [0.4, 0.5) is 0 Å². The molecule has 0 heterocycles. The van der Waals surface area contributed by atoms with Crippen molar-refractivity contribution in [2.75, 3.05) is 13.7 Å². The summed E-state index contributed by atoms with van der Waals surface area (Å²) in [7, 11) is 1.83. The van der Waals surface area contributed by atoms with E-state index >= 15 is 0 Å². The summed E-state index contributed by atoms with van der Waals surface area (Å²) in [4.78, 5) is 0. The first-order valence-corrected chi connectivity index (χ1v) is 7.00.